The highest BCUT2D eigenvalue weighted by Crippen LogP contribution is 2.16. The third-order valence-electron chi connectivity index (χ3n) is 2.09. The molecule has 3 nitrogen and oxygen atoms in total. The molecule has 0 aliphatic heterocycles. The smallest absolute Gasteiger partial charge is 0.230 e. The highest BCUT2D eigenvalue weighted by molar-refractivity contribution is 7.99. The number of rotatable bonds is 7. The van der Waals surface area contributed by atoms with E-state index in [0.29, 0.717) is 18.8 Å². The van der Waals surface area contributed by atoms with Crippen molar-refractivity contribution in [3.63, 3.8) is 0 Å². The van der Waals surface area contributed by atoms with Crippen molar-refractivity contribution in [2.75, 3.05) is 18.8 Å². The van der Waals surface area contributed by atoms with Gasteiger partial charge in [-0.05, 0) is 30.7 Å². The Morgan fingerprint density at radius 2 is 2.29 bits per heavy atom. The summed E-state index contributed by atoms with van der Waals surface area (Å²) in [6.45, 7) is 1.27. The normalized spacial score (nSPS) is 10.2. The molecule has 0 heterocycles. The molecule has 0 aliphatic carbocycles. The van der Waals surface area contributed by atoms with Crippen LogP contribution < -0.4 is 11.1 Å². The molecule has 0 fully saturated rings. The molecule has 0 aromatic heterocycles. The van der Waals surface area contributed by atoms with Gasteiger partial charge in [0.1, 0.15) is 0 Å². The summed E-state index contributed by atoms with van der Waals surface area (Å²) < 4.78 is 0. The van der Waals surface area contributed by atoms with Gasteiger partial charge in [0, 0.05) is 17.3 Å². The second kappa shape index (κ2) is 8.39. The van der Waals surface area contributed by atoms with E-state index in [9.17, 15) is 4.79 Å². The Morgan fingerprint density at radius 3 is 3.00 bits per heavy atom. The van der Waals surface area contributed by atoms with Crippen LogP contribution in [0.3, 0.4) is 0 Å². The van der Waals surface area contributed by atoms with Crippen LogP contribution in [0, 0.1) is 0 Å². The number of hydrogen-bond acceptors (Lipinski definition) is 3. The van der Waals surface area contributed by atoms with Crippen molar-refractivity contribution in [1.29, 1.82) is 0 Å². The topological polar surface area (TPSA) is 55.1 Å². The highest BCUT2D eigenvalue weighted by atomic mass is 35.5. The number of halogens is 1. The summed E-state index contributed by atoms with van der Waals surface area (Å²) in [6.07, 6.45) is 0.824. The van der Waals surface area contributed by atoms with Crippen molar-refractivity contribution in [3.8, 4) is 0 Å². The maximum absolute atomic E-state index is 11.4. The minimum atomic E-state index is 0.0606. The number of carbonyl (C=O) groups is 1. The molecule has 1 rings (SSSR count). The van der Waals surface area contributed by atoms with Gasteiger partial charge < -0.3 is 11.1 Å². The summed E-state index contributed by atoms with van der Waals surface area (Å²) in [5, 5.41) is 3.55. The van der Waals surface area contributed by atoms with Gasteiger partial charge in [-0.25, -0.2) is 0 Å². The minimum Gasteiger partial charge on any atom is -0.355 e. The van der Waals surface area contributed by atoms with Crippen LogP contribution in [0.2, 0.25) is 5.02 Å². The Kier molecular flexibility index (Phi) is 7.08. The van der Waals surface area contributed by atoms with Crippen LogP contribution >= 0.6 is 23.4 Å². The molecular weight excluding hydrogens is 256 g/mol. The molecule has 0 atom stereocenters. The van der Waals surface area contributed by atoms with Crippen molar-refractivity contribution in [3.05, 3.63) is 34.9 Å². The van der Waals surface area contributed by atoms with Crippen LogP contribution in [-0.2, 0) is 10.5 Å². The third kappa shape index (κ3) is 6.56. The third-order valence-corrected chi connectivity index (χ3v) is 3.33. The molecule has 0 aliphatic rings. The zero-order valence-electron chi connectivity index (χ0n) is 9.62. The van der Waals surface area contributed by atoms with Crippen molar-refractivity contribution < 1.29 is 4.79 Å². The standard InChI is InChI=1S/C12H17ClN2OS/c13-11-4-1-3-10(7-11)8-17-9-12(16)15-6-2-5-14/h1,3-4,7H,2,5-6,8-9,14H2,(H,15,16). The van der Waals surface area contributed by atoms with Gasteiger partial charge in [0.25, 0.3) is 0 Å². The summed E-state index contributed by atoms with van der Waals surface area (Å²) >= 11 is 7.45. The van der Waals surface area contributed by atoms with E-state index in [4.69, 9.17) is 17.3 Å². The molecule has 0 bridgehead atoms. The predicted octanol–water partition coefficient (Wildman–Crippen LogP) is 2.04. The number of thioether (sulfide) groups is 1. The van der Waals surface area contributed by atoms with Gasteiger partial charge in [-0.2, -0.15) is 0 Å². The minimum absolute atomic E-state index is 0.0606. The first kappa shape index (κ1) is 14.4. The van der Waals surface area contributed by atoms with Gasteiger partial charge in [0.15, 0.2) is 0 Å². The summed E-state index contributed by atoms with van der Waals surface area (Å²) in [7, 11) is 0. The van der Waals surface area contributed by atoms with E-state index >= 15 is 0 Å². The van der Waals surface area contributed by atoms with E-state index in [1.807, 2.05) is 24.3 Å². The molecule has 5 heteroatoms. The number of amides is 1. The molecule has 0 unspecified atom stereocenters. The molecule has 3 N–H and O–H groups in total. The van der Waals surface area contributed by atoms with Crippen molar-refractivity contribution in [1.82, 2.24) is 5.32 Å². The van der Waals surface area contributed by atoms with Crippen LogP contribution in [-0.4, -0.2) is 24.7 Å². The van der Waals surface area contributed by atoms with Crippen LogP contribution in [0.4, 0.5) is 0 Å². The Labute approximate surface area is 111 Å². The molecule has 0 radical (unpaired) electrons. The monoisotopic (exact) mass is 272 g/mol. The predicted molar refractivity (Wildman–Crippen MR) is 74.3 cm³/mol. The summed E-state index contributed by atoms with van der Waals surface area (Å²) in [5.41, 5.74) is 6.47. The lowest BCUT2D eigenvalue weighted by Crippen LogP contribution is -2.27. The van der Waals surface area contributed by atoms with Crippen LogP contribution in [0.25, 0.3) is 0 Å². The van der Waals surface area contributed by atoms with E-state index < -0.39 is 0 Å². The molecule has 1 aromatic carbocycles. The fraction of sp³-hybridized carbons (Fsp3) is 0.417. The lowest BCUT2D eigenvalue weighted by Gasteiger charge is -2.04. The Bertz CT molecular complexity index is 360. The number of nitrogens with one attached hydrogen (secondary N) is 1. The molecule has 1 aromatic rings. The lowest BCUT2D eigenvalue weighted by molar-refractivity contribution is -0.118. The zero-order valence-corrected chi connectivity index (χ0v) is 11.2. The Balaban J connectivity index is 2.17. The highest BCUT2D eigenvalue weighted by Gasteiger charge is 2.01. The Morgan fingerprint density at radius 1 is 1.47 bits per heavy atom. The van der Waals surface area contributed by atoms with Gasteiger partial charge in [0.05, 0.1) is 5.75 Å². The lowest BCUT2D eigenvalue weighted by atomic mass is 10.2. The van der Waals surface area contributed by atoms with Crippen molar-refractivity contribution in [2.45, 2.75) is 12.2 Å². The molecular formula is C12H17ClN2OS. The first-order chi connectivity index (χ1) is 8.22. The van der Waals surface area contributed by atoms with Crippen LogP contribution in [0.1, 0.15) is 12.0 Å². The van der Waals surface area contributed by atoms with Gasteiger partial charge in [-0.1, -0.05) is 23.7 Å². The van der Waals surface area contributed by atoms with Gasteiger partial charge in [0.2, 0.25) is 5.91 Å². The second-order valence-corrected chi connectivity index (χ2v) is 5.04. The molecule has 17 heavy (non-hydrogen) atoms. The largest absolute Gasteiger partial charge is 0.355 e. The first-order valence-corrected chi connectivity index (χ1v) is 7.04. The van der Waals surface area contributed by atoms with E-state index in [2.05, 4.69) is 5.32 Å². The second-order valence-electron chi connectivity index (χ2n) is 3.61. The molecule has 0 saturated heterocycles. The van der Waals surface area contributed by atoms with Crippen LogP contribution in [0.5, 0.6) is 0 Å². The fourth-order valence-electron chi connectivity index (χ4n) is 1.27. The Hall–Kier alpha value is -0.710. The first-order valence-electron chi connectivity index (χ1n) is 5.51. The maximum atomic E-state index is 11.4. The van der Waals surface area contributed by atoms with Gasteiger partial charge >= 0.3 is 0 Å². The average molecular weight is 273 g/mol. The van der Waals surface area contributed by atoms with Crippen molar-refractivity contribution in [2.24, 2.45) is 5.73 Å². The van der Waals surface area contributed by atoms with E-state index in [1.165, 1.54) is 0 Å². The summed E-state index contributed by atoms with van der Waals surface area (Å²) in [6, 6.07) is 7.68. The number of hydrogen-bond donors (Lipinski definition) is 2. The van der Waals surface area contributed by atoms with E-state index in [0.717, 1.165) is 22.8 Å². The maximum Gasteiger partial charge on any atom is 0.230 e. The molecule has 94 valence electrons. The number of nitrogens with two attached hydrogens (primary N) is 1. The molecule has 0 saturated carbocycles. The van der Waals surface area contributed by atoms with E-state index in [-0.39, 0.29) is 5.91 Å². The SMILES string of the molecule is NCCCNC(=O)CSCc1cccc(Cl)c1. The van der Waals surface area contributed by atoms with Crippen LogP contribution in [0.15, 0.2) is 24.3 Å². The number of carbonyl (C=O) groups excluding carboxylic acids is 1. The number of benzene rings is 1. The quantitative estimate of drug-likeness (QED) is 0.747. The average Bonchev–Trinajstić information content (AvgIpc) is 2.29. The fourth-order valence-corrected chi connectivity index (χ4v) is 2.29. The van der Waals surface area contributed by atoms with Crippen molar-refractivity contribution >= 4 is 29.3 Å². The van der Waals surface area contributed by atoms with E-state index in [1.54, 1.807) is 11.8 Å². The summed E-state index contributed by atoms with van der Waals surface area (Å²) in [4.78, 5) is 11.4. The molecule has 1 amide bonds. The molecule has 0 spiro atoms. The summed E-state index contributed by atoms with van der Waals surface area (Å²) in [5.74, 6) is 1.33. The van der Waals surface area contributed by atoms with Gasteiger partial charge in [-0.3, -0.25) is 4.79 Å². The van der Waals surface area contributed by atoms with Gasteiger partial charge in [-0.15, -0.1) is 11.8 Å². The zero-order chi connectivity index (χ0) is 12.5.